The molecule has 2 atom stereocenters. The van der Waals surface area contributed by atoms with Crippen molar-refractivity contribution < 1.29 is 31.1 Å². The summed E-state index contributed by atoms with van der Waals surface area (Å²) in [7, 11) is -3.79. The van der Waals surface area contributed by atoms with E-state index in [0.29, 0.717) is 21.9 Å². The number of benzene rings is 2. The highest BCUT2D eigenvalue weighted by Gasteiger charge is 2.31. The van der Waals surface area contributed by atoms with E-state index in [4.69, 9.17) is 4.74 Å². The van der Waals surface area contributed by atoms with Gasteiger partial charge in [0.25, 0.3) is 0 Å². The lowest BCUT2D eigenvalue weighted by Crippen LogP contribution is -2.36. The summed E-state index contributed by atoms with van der Waals surface area (Å²) >= 11 is 6.48. The molecule has 1 aliphatic heterocycles. The number of anilines is 1. The number of amides is 1. The molecular weight excluding hydrogens is 583 g/mol. The molecule has 2 aromatic carbocycles. The van der Waals surface area contributed by atoms with Crippen LogP contribution < -0.4 is 15.4 Å². The molecule has 2 aromatic rings. The Kier molecular flexibility index (Phi) is 7.86. The highest BCUT2D eigenvalue weighted by atomic mass is 79.9. The van der Waals surface area contributed by atoms with Crippen LogP contribution in [-0.2, 0) is 20.9 Å². The van der Waals surface area contributed by atoms with Crippen molar-refractivity contribution in [1.29, 1.82) is 0 Å². The minimum Gasteiger partial charge on any atom is -0.448 e. The molecule has 0 aromatic heterocycles. The number of hydrogen-bond donors (Lipinski definition) is 3. The highest BCUT2D eigenvalue weighted by molar-refractivity contribution is 9.11. The van der Waals surface area contributed by atoms with E-state index in [1.807, 2.05) is 0 Å². The van der Waals surface area contributed by atoms with E-state index in [-0.39, 0.29) is 23.2 Å². The van der Waals surface area contributed by atoms with Crippen LogP contribution in [-0.4, -0.2) is 39.7 Å². The Balaban J connectivity index is 1.50. The van der Waals surface area contributed by atoms with Gasteiger partial charge >= 0.3 is 12.3 Å². The molecule has 32 heavy (non-hydrogen) atoms. The van der Waals surface area contributed by atoms with E-state index in [0.717, 1.165) is 12.1 Å². The predicted octanol–water partition coefficient (Wildman–Crippen LogP) is 4.49. The smallest absolute Gasteiger partial charge is 0.416 e. The zero-order valence-electron chi connectivity index (χ0n) is 16.2. The van der Waals surface area contributed by atoms with Crippen molar-refractivity contribution >= 4 is 53.7 Å². The van der Waals surface area contributed by atoms with Crippen LogP contribution in [0, 0.1) is 0 Å². The van der Waals surface area contributed by atoms with Gasteiger partial charge in [-0.25, -0.2) is 17.9 Å². The summed E-state index contributed by atoms with van der Waals surface area (Å²) < 4.78 is 72.3. The zero-order chi connectivity index (χ0) is 23.5. The quantitative estimate of drug-likeness (QED) is 0.454. The largest absolute Gasteiger partial charge is 0.448 e. The van der Waals surface area contributed by atoms with Crippen molar-refractivity contribution in [2.24, 2.45) is 0 Å². The predicted molar refractivity (Wildman–Crippen MR) is 119 cm³/mol. The summed E-state index contributed by atoms with van der Waals surface area (Å²) in [5, 5.41) is 5.30. The maximum atomic E-state index is 12.8. The fraction of sp³-hybridized carbons (Fsp3) is 0.316. The number of ether oxygens (including phenoxy) is 1. The van der Waals surface area contributed by atoms with Crippen molar-refractivity contribution in [2.75, 3.05) is 18.5 Å². The molecule has 0 radical (unpaired) electrons. The molecule has 0 bridgehead atoms. The third kappa shape index (κ3) is 6.67. The normalized spacial score (nSPS) is 19.0. The highest BCUT2D eigenvalue weighted by Crippen LogP contribution is 2.30. The first-order valence-electron chi connectivity index (χ1n) is 9.26. The Morgan fingerprint density at radius 3 is 2.66 bits per heavy atom. The number of hydrogen-bond acceptors (Lipinski definition) is 5. The molecular formula is C19H18Br2F3N3O4S. The number of sulfonamides is 1. The molecule has 1 heterocycles. The number of carbonyl (C=O) groups excluding carboxylic acids is 1. The van der Waals surface area contributed by atoms with Crippen molar-refractivity contribution in [1.82, 2.24) is 10.0 Å². The van der Waals surface area contributed by atoms with E-state index in [1.165, 1.54) is 18.2 Å². The second-order valence-electron chi connectivity index (χ2n) is 7.04. The van der Waals surface area contributed by atoms with Gasteiger partial charge in [-0.1, -0.05) is 22.0 Å². The van der Waals surface area contributed by atoms with E-state index in [1.54, 1.807) is 12.1 Å². The van der Waals surface area contributed by atoms with Gasteiger partial charge in [0.2, 0.25) is 10.0 Å². The summed E-state index contributed by atoms with van der Waals surface area (Å²) in [6.45, 7) is 0.248. The molecule has 0 unspecified atom stereocenters. The van der Waals surface area contributed by atoms with Gasteiger partial charge in [-0.2, -0.15) is 13.2 Å². The molecule has 0 aliphatic carbocycles. The van der Waals surface area contributed by atoms with Crippen LogP contribution in [0.1, 0.15) is 12.0 Å². The van der Waals surface area contributed by atoms with E-state index in [9.17, 15) is 26.4 Å². The Bertz CT molecular complexity index is 1100. The second kappa shape index (κ2) is 10.1. The SMILES string of the molecule is O=C(Nc1cccc(C(F)(F)F)c1)OC[C@H]1C[C@@H](NS(=O)(=O)c2cc(Br)ccc2Br)CN1. The van der Waals surface area contributed by atoms with Crippen LogP contribution >= 0.6 is 31.9 Å². The fourth-order valence-corrected chi connectivity index (χ4v) is 5.86. The summed E-state index contributed by atoms with van der Waals surface area (Å²) in [5.41, 5.74) is -0.936. The maximum absolute atomic E-state index is 12.8. The number of rotatable bonds is 6. The summed E-state index contributed by atoms with van der Waals surface area (Å²) in [4.78, 5) is 12.0. The standard InChI is InChI=1S/C19H18Br2F3N3O4S/c20-12-4-5-16(21)17(7-12)32(29,30)27-14-8-15(25-9-14)10-31-18(28)26-13-3-1-2-11(6-13)19(22,23)24/h1-7,14-15,25,27H,8-10H2,(H,26,28)/t14-,15-/m1/s1. The van der Waals surface area contributed by atoms with E-state index < -0.39 is 33.9 Å². The number of halogens is 5. The average Bonchev–Trinajstić information content (AvgIpc) is 3.14. The summed E-state index contributed by atoms with van der Waals surface area (Å²) in [6.07, 6.45) is -5.07. The third-order valence-corrected chi connectivity index (χ3v) is 7.59. The molecule has 3 rings (SSSR count). The molecule has 3 N–H and O–H groups in total. The fourth-order valence-electron chi connectivity index (χ4n) is 3.11. The number of alkyl halides is 3. The van der Waals surface area contributed by atoms with Crippen LogP contribution in [0.4, 0.5) is 23.7 Å². The van der Waals surface area contributed by atoms with Crippen molar-refractivity contribution in [2.45, 2.75) is 29.6 Å². The molecule has 1 saturated heterocycles. The van der Waals surface area contributed by atoms with Gasteiger partial charge in [-0.15, -0.1) is 0 Å². The lowest BCUT2D eigenvalue weighted by Gasteiger charge is -2.15. The first-order valence-corrected chi connectivity index (χ1v) is 12.3. The van der Waals surface area contributed by atoms with Crippen LogP contribution in [0.3, 0.4) is 0 Å². The van der Waals surface area contributed by atoms with Gasteiger partial charge in [0, 0.05) is 33.3 Å². The van der Waals surface area contributed by atoms with Crippen LogP contribution in [0.2, 0.25) is 0 Å². The molecule has 7 nitrogen and oxygen atoms in total. The number of nitrogens with one attached hydrogen (secondary N) is 3. The molecule has 1 amide bonds. The van der Waals surface area contributed by atoms with Gasteiger partial charge in [0.15, 0.2) is 0 Å². The molecule has 1 fully saturated rings. The Labute approximate surface area is 199 Å². The van der Waals surface area contributed by atoms with Crippen molar-refractivity contribution in [3.05, 3.63) is 57.0 Å². The van der Waals surface area contributed by atoms with Gasteiger partial charge < -0.3 is 10.1 Å². The second-order valence-corrected chi connectivity index (χ2v) is 10.5. The minimum atomic E-state index is -4.52. The maximum Gasteiger partial charge on any atom is 0.416 e. The van der Waals surface area contributed by atoms with Crippen molar-refractivity contribution in [3.63, 3.8) is 0 Å². The monoisotopic (exact) mass is 599 g/mol. The van der Waals surface area contributed by atoms with Crippen molar-refractivity contribution in [3.8, 4) is 0 Å². The van der Waals surface area contributed by atoms with Gasteiger partial charge in [-0.3, -0.25) is 5.32 Å². The van der Waals surface area contributed by atoms with Gasteiger partial charge in [0.1, 0.15) is 6.61 Å². The van der Waals surface area contributed by atoms with Crippen LogP contribution in [0.15, 0.2) is 56.3 Å². The zero-order valence-corrected chi connectivity index (χ0v) is 20.2. The Morgan fingerprint density at radius 1 is 1.19 bits per heavy atom. The molecule has 0 saturated carbocycles. The molecule has 1 aliphatic rings. The Morgan fingerprint density at radius 2 is 1.94 bits per heavy atom. The molecule has 0 spiro atoms. The molecule has 174 valence electrons. The lowest BCUT2D eigenvalue weighted by atomic mass is 10.2. The first kappa shape index (κ1) is 25.0. The van der Waals surface area contributed by atoms with E-state index >= 15 is 0 Å². The average molecular weight is 601 g/mol. The topological polar surface area (TPSA) is 96.5 Å². The summed E-state index contributed by atoms with van der Waals surface area (Å²) in [6, 6.07) is 8.25. The van der Waals surface area contributed by atoms with Crippen LogP contribution in [0.5, 0.6) is 0 Å². The lowest BCUT2D eigenvalue weighted by molar-refractivity contribution is -0.137. The minimum absolute atomic E-state index is 0.0468. The van der Waals surface area contributed by atoms with Gasteiger partial charge in [-0.05, 0) is 58.7 Å². The third-order valence-electron chi connectivity index (χ3n) is 4.58. The first-order chi connectivity index (χ1) is 14.9. The number of carbonyl (C=O) groups is 1. The van der Waals surface area contributed by atoms with Crippen LogP contribution in [0.25, 0.3) is 0 Å². The molecule has 13 heteroatoms. The van der Waals surface area contributed by atoms with Gasteiger partial charge in [0.05, 0.1) is 10.5 Å². The Hall–Kier alpha value is -1.67. The summed E-state index contributed by atoms with van der Waals surface area (Å²) in [5.74, 6) is 0. The van der Waals surface area contributed by atoms with E-state index in [2.05, 4.69) is 47.2 Å².